The molecule has 0 saturated heterocycles. The van der Waals surface area contributed by atoms with E-state index in [-0.39, 0.29) is 0 Å². The van der Waals surface area contributed by atoms with E-state index in [4.69, 9.17) is 0 Å². The highest BCUT2D eigenvalue weighted by Gasteiger charge is 2.22. The Morgan fingerprint density at radius 1 is 0.246 bits per heavy atom. The lowest BCUT2D eigenvalue weighted by atomic mass is 9.82. The quantitative estimate of drug-likeness (QED) is 0.135. The Bertz CT molecular complexity index is 3810. The minimum absolute atomic E-state index is 1.15. The lowest BCUT2D eigenvalue weighted by Gasteiger charge is -2.20. The van der Waals surface area contributed by atoms with Gasteiger partial charge in [0.05, 0.1) is 5.52 Å². The molecule has 0 bridgehead atoms. The number of aromatic nitrogens is 1. The highest BCUT2D eigenvalue weighted by Crippen LogP contribution is 2.49. The molecular weight excluding hydrogens is 687 g/mol. The maximum atomic E-state index is 3.92. The average molecular weight is 720 g/mol. The van der Waals surface area contributed by atoms with Crippen molar-refractivity contribution in [2.45, 2.75) is 0 Å². The monoisotopic (exact) mass is 719 g/mol. The zero-order valence-corrected chi connectivity index (χ0v) is 31.0. The molecule has 57 heavy (non-hydrogen) atoms. The van der Waals surface area contributed by atoms with Crippen molar-refractivity contribution >= 4 is 108 Å². The maximum Gasteiger partial charge on any atom is 0.0551 e. The zero-order chi connectivity index (χ0) is 37.2. The summed E-state index contributed by atoms with van der Waals surface area (Å²) in [5, 5.41) is 23.0. The maximum absolute atomic E-state index is 3.92. The van der Waals surface area contributed by atoms with Crippen LogP contribution in [-0.2, 0) is 0 Å². The summed E-state index contributed by atoms with van der Waals surface area (Å²) in [6.45, 7) is 0. The summed E-state index contributed by atoms with van der Waals surface area (Å²) in [5.41, 5.74) is 7.38. The van der Waals surface area contributed by atoms with Crippen LogP contribution in [0.2, 0.25) is 0 Å². The van der Waals surface area contributed by atoms with Crippen LogP contribution >= 0.6 is 0 Å². The molecule has 1 heteroatoms. The molecule has 1 N–H and O–H groups in total. The van der Waals surface area contributed by atoms with Gasteiger partial charge in [-0.25, -0.2) is 0 Å². The number of hydrogen-bond acceptors (Lipinski definition) is 0. The van der Waals surface area contributed by atoms with Crippen molar-refractivity contribution in [3.8, 4) is 22.3 Å². The fourth-order valence-corrected chi connectivity index (χ4v) is 10.4. The molecule has 13 rings (SSSR count). The second-order valence-corrected chi connectivity index (χ2v) is 15.6. The summed E-state index contributed by atoms with van der Waals surface area (Å²) in [6, 6.07) is 72.2. The smallest absolute Gasteiger partial charge is 0.0551 e. The molecule has 0 fully saturated rings. The third kappa shape index (κ3) is 4.18. The topological polar surface area (TPSA) is 15.8 Å². The van der Waals surface area contributed by atoms with Crippen LogP contribution in [0.3, 0.4) is 0 Å². The summed E-state index contributed by atoms with van der Waals surface area (Å²) in [4.78, 5) is 3.92. The van der Waals surface area contributed by atoms with Crippen molar-refractivity contribution in [2.24, 2.45) is 0 Å². The normalized spacial score (nSPS) is 12.2. The van der Waals surface area contributed by atoms with Gasteiger partial charge in [-0.3, -0.25) is 0 Å². The van der Waals surface area contributed by atoms with Crippen molar-refractivity contribution in [3.05, 3.63) is 194 Å². The van der Waals surface area contributed by atoms with Crippen LogP contribution in [-0.4, -0.2) is 4.98 Å². The van der Waals surface area contributed by atoms with Gasteiger partial charge in [-0.2, -0.15) is 0 Å². The first-order valence-corrected chi connectivity index (χ1v) is 19.9. The van der Waals surface area contributed by atoms with Crippen LogP contribution in [0.4, 0.5) is 0 Å². The number of benzene rings is 12. The molecule has 0 amide bonds. The summed E-state index contributed by atoms with van der Waals surface area (Å²) in [6.07, 6.45) is 0. The van der Waals surface area contributed by atoms with Crippen molar-refractivity contribution < 1.29 is 0 Å². The summed E-state index contributed by atoms with van der Waals surface area (Å²) < 4.78 is 0. The van der Waals surface area contributed by atoms with E-state index in [1.54, 1.807) is 0 Å². The minimum atomic E-state index is 1.15. The number of nitrogens with one attached hydrogen (secondary N) is 1. The lowest BCUT2D eigenvalue weighted by Crippen LogP contribution is -1.93. The van der Waals surface area contributed by atoms with E-state index in [0.29, 0.717) is 0 Å². The molecular formula is C56H33N. The first-order valence-electron chi connectivity index (χ1n) is 19.9. The van der Waals surface area contributed by atoms with E-state index >= 15 is 0 Å². The minimum Gasteiger partial charge on any atom is -0.354 e. The van der Waals surface area contributed by atoms with Crippen molar-refractivity contribution in [2.75, 3.05) is 0 Å². The average Bonchev–Trinajstić information content (AvgIpc) is 3.67. The van der Waals surface area contributed by atoms with Crippen LogP contribution in [0.1, 0.15) is 0 Å². The molecule has 0 atom stereocenters. The van der Waals surface area contributed by atoms with Gasteiger partial charge < -0.3 is 4.98 Å². The third-order valence-electron chi connectivity index (χ3n) is 12.7. The second kappa shape index (κ2) is 11.5. The van der Waals surface area contributed by atoms with Crippen molar-refractivity contribution in [1.82, 2.24) is 4.98 Å². The van der Waals surface area contributed by atoms with Gasteiger partial charge >= 0.3 is 0 Å². The Kier molecular flexibility index (Phi) is 6.23. The van der Waals surface area contributed by atoms with Gasteiger partial charge in [0, 0.05) is 21.7 Å². The summed E-state index contributed by atoms with van der Waals surface area (Å²) in [5.74, 6) is 0. The number of fused-ring (bicyclic) bond motifs is 18. The van der Waals surface area contributed by atoms with E-state index in [0.717, 1.165) is 5.52 Å². The second-order valence-electron chi connectivity index (χ2n) is 15.6. The first-order chi connectivity index (χ1) is 28.3. The predicted molar refractivity (Wildman–Crippen MR) is 247 cm³/mol. The molecule has 0 spiro atoms. The molecule has 0 radical (unpaired) electrons. The fourth-order valence-electron chi connectivity index (χ4n) is 10.4. The predicted octanol–water partition coefficient (Wildman–Crippen LogP) is 15.9. The van der Waals surface area contributed by atoms with E-state index in [9.17, 15) is 0 Å². The Morgan fingerprint density at radius 2 is 0.632 bits per heavy atom. The van der Waals surface area contributed by atoms with E-state index < -0.39 is 0 Å². The third-order valence-corrected chi connectivity index (χ3v) is 12.7. The molecule has 12 aromatic carbocycles. The van der Waals surface area contributed by atoms with Gasteiger partial charge in [0.2, 0.25) is 0 Å². The first kappa shape index (κ1) is 30.8. The Hall–Kier alpha value is -7.48. The molecule has 0 aliphatic rings. The number of aromatic amines is 1. The molecule has 1 aromatic heterocycles. The van der Waals surface area contributed by atoms with Crippen LogP contribution in [0.5, 0.6) is 0 Å². The Labute approximate surface area is 328 Å². The highest BCUT2D eigenvalue weighted by atomic mass is 14.7. The highest BCUT2D eigenvalue weighted by molar-refractivity contribution is 6.35. The van der Waals surface area contributed by atoms with Crippen molar-refractivity contribution in [1.29, 1.82) is 0 Å². The molecule has 1 nitrogen and oxygen atoms in total. The largest absolute Gasteiger partial charge is 0.354 e. The van der Waals surface area contributed by atoms with E-state index in [1.807, 2.05) is 0 Å². The van der Waals surface area contributed by atoms with Crippen LogP contribution in [0, 0.1) is 0 Å². The van der Waals surface area contributed by atoms with Gasteiger partial charge in [0.1, 0.15) is 0 Å². The number of rotatable bonds is 2. The Morgan fingerprint density at radius 3 is 1.19 bits per heavy atom. The van der Waals surface area contributed by atoms with Gasteiger partial charge in [-0.1, -0.05) is 182 Å². The standard InChI is InChI=1S/C56H33N/c1-2-19-38-34(15-1)35-16-3-7-21-40(35)53-41-22-8-5-20-39(41)50(32-49(38)53)54-45-26-12-10-24-43(45)52(44-25-11-13-27-46(44)54)33-29-30-48-51(31-33)57-56-47-28-14-6-18-37(47)36-17-4-9-23-42(36)55(48)56/h1-32,57H. The number of H-pyrrole nitrogens is 1. The van der Waals surface area contributed by atoms with Gasteiger partial charge in [-0.05, 0) is 115 Å². The molecule has 0 aliphatic carbocycles. The van der Waals surface area contributed by atoms with Gasteiger partial charge in [0.15, 0.2) is 0 Å². The molecule has 0 unspecified atom stereocenters. The van der Waals surface area contributed by atoms with Crippen molar-refractivity contribution in [3.63, 3.8) is 0 Å². The zero-order valence-electron chi connectivity index (χ0n) is 31.0. The van der Waals surface area contributed by atoms with E-state index in [2.05, 4.69) is 199 Å². The molecule has 0 aliphatic heterocycles. The lowest BCUT2D eigenvalue weighted by molar-refractivity contribution is 1.56. The summed E-state index contributed by atoms with van der Waals surface area (Å²) >= 11 is 0. The van der Waals surface area contributed by atoms with Crippen LogP contribution in [0.25, 0.3) is 130 Å². The molecule has 13 aromatic rings. The Balaban J connectivity index is 1.14. The molecule has 262 valence electrons. The van der Waals surface area contributed by atoms with Gasteiger partial charge in [0.25, 0.3) is 0 Å². The van der Waals surface area contributed by atoms with Crippen LogP contribution in [0.15, 0.2) is 194 Å². The van der Waals surface area contributed by atoms with E-state index in [1.165, 1.54) is 125 Å². The summed E-state index contributed by atoms with van der Waals surface area (Å²) in [7, 11) is 0. The molecule has 0 saturated carbocycles. The molecule has 1 heterocycles. The SMILES string of the molecule is c1ccc2c(-c3cc4c5ccccc5c5ccccc5c4c4ccccc34)c3ccccc3c(-c3ccc4c(c3)[nH]c3c5ccccc5c5ccccc5c43)c2c1. The van der Waals surface area contributed by atoms with Gasteiger partial charge in [-0.15, -0.1) is 0 Å². The number of hydrogen-bond donors (Lipinski definition) is 1. The van der Waals surface area contributed by atoms with Crippen LogP contribution < -0.4 is 0 Å². The fraction of sp³-hybridized carbons (Fsp3) is 0.